The monoisotopic (exact) mass is 241 g/mol. The van der Waals surface area contributed by atoms with Gasteiger partial charge in [-0.05, 0) is 25.2 Å². The lowest BCUT2D eigenvalue weighted by atomic mass is 9.71. The van der Waals surface area contributed by atoms with Crippen LogP contribution >= 0.6 is 0 Å². The van der Waals surface area contributed by atoms with Crippen molar-refractivity contribution in [3.8, 4) is 0 Å². The summed E-state index contributed by atoms with van der Waals surface area (Å²) in [5.41, 5.74) is 1.42. The van der Waals surface area contributed by atoms with Gasteiger partial charge in [-0.2, -0.15) is 0 Å². The zero-order chi connectivity index (χ0) is 12.7. The quantitative estimate of drug-likeness (QED) is 0.734. The molecule has 2 aliphatic carbocycles. The maximum Gasteiger partial charge on any atom is 0.145 e. The van der Waals surface area contributed by atoms with Gasteiger partial charge < -0.3 is 15.1 Å². The van der Waals surface area contributed by atoms with Crippen LogP contribution in [0.25, 0.3) is 0 Å². The fraction of sp³-hybridized carbons (Fsp3) is 0.923. The van der Waals surface area contributed by atoms with E-state index >= 15 is 0 Å². The molecular formula is C13H23NO3. The normalized spacial score (nSPS) is 38.6. The van der Waals surface area contributed by atoms with Crippen LogP contribution in [0.5, 0.6) is 0 Å². The Kier molecular flexibility index (Phi) is 3.21. The summed E-state index contributed by atoms with van der Waals surface area (Å²) < 4.78 is 0. The predicted molar refractivity (Wildman–Crippen MR) is 65.7 cm³/mol. The van der Waals surface area contributed by atoms with Crippen molar-refractivity contribution in [3.63, 3.8) is 0 Å². The summed E-state index contributed by atoms with van der Waals surface area (Å²) in [6.07, 6.45) is 2.83. The van der Waals surface area contributed by atoms with Crippen molar-refractivity contribution in [2.75, 3.05) is 13.2 Å². The molecule has 4 heteroatoms. The van der Waals surface area contributed by atoms with Crippen LogP contribution in [0.4, 0.5) is 0 Å². The Bertz CT molecular complexity index is 320. The van der Waals surface area contributed by atoms with E-state index in [0.29, 0.717) is 5.92 Å². The van der Waals surface area contributed by atoms with Crippen LogP contribution in [-0.2, 0) is 4.84 Å². The molecule has 2 fully saturated rings. The number of aliphatic hydroxyl groups excluding tert-OH is 2. The summed E-state index contributed by atoms with van der Waals surface area (Å²) in [4.78, 5) is 5.20. The first kappa shape index (κ1) is 12.8. The third-order valence-electron chi connectivity index (χ3n) is 4.58. The van der Waals surface area contributed by atoms with Crippen LogP contribution in [0.2, 0.25) is 0 Å². The first-order valence-electron chi connectivity index (χ1n) is 6.40. The highest BCUT2D eigenvalue weighted by Gasteiger charge is 2.57. The molecule has 0 aliphatic heterocycles. The molecule has 0 amide bonds. The average molecular weight is 241 g/mol. The largest absolute Gasteiger partial charge is 0.394 e. The molecule has 0 heterocycles. The lowest BCUT2D eigenvalue weighted by Crippen LogP contribution is -2.36. The Labute approximate surface area is 103 Å². The fourth-order valence-electron chi connectivity index (χ4n) is 3.51. The molecule has 0 spiro atoms. The molecular weight excluding hydrogens is 218 g/mol. The molecule has 17 heavy (non-hydrogen) atoms. The minimum absolute atomic E-state index is 0.0663. The Balaban J connectivity index is 2.06. The number of aliphatic hydroxyl groups is 2. The number of nitrogens with zero attached hydrogens (tertiary/aromatic N) is 1. The van der Waals surface area contributed by atoms with E-state index in [1.165, 1.54) is 19.3 Å². The minimum Gasteiger partial charge on any atom is -0.394 e. The van der Waals surface area contributed by atoms with Crippen molar-refractivity contribution >= 4 is 5.71 Å². The topological polar surface area (TPSA) is 62.0 Å². The van der Waals surface area contributed by atoms with Gasteiger partial charge in [-0.15, -0.1) is 0 Å². The van der Waals surface area contributed by atoms with Crippen molar-refractivity contribution in [2.45, 2.75) is 46.1 Å². The molecule has 0 unspecified atom stereocenters. The average Bonchev–Trinajstić information content (AvgIpc) is 2.73. The van der Waals surface area contributed by atoms with Crippen molar-refractivity contribution in [1.29, 1.82) is 0 Å². The van der Waals surface area contributed by atoms with Gasteiger partial charge in [-0.25, -0.2) is 0 Å². The first-order valence-corrected chi connectivity index (χ1v) is 6.40. The van der Waals surface area contributed by atoms with E-state index in [4.69, 9.17) is 9.94 Å². The molecule has 4 nitrogen and oxygen atoms in total. The van der Waals surface area contributed by atoms with Gasteiger partial charge in [-0.1, -0.05) is 25.9 Å². The van der Waals surface area contributed by atoms with Gasteiger partial charge in [0.05, 0.1) is 12.3 Å². The summed E-state index contributed by atoms with van der Waals surface area (Å²) in [5, 5.41) is 22.2. The molecule has 0 aromatic carbocycles. The number of hydrogen-bond acceptors (Lipinski definition) is 4. The van der Waals surface area contributed by atoms with Gasteiger partial charge >= 0.3 is 0 Å². The highest BCUT2D eigenvalue weighted by Crippen LogP contribution is 2.60. The summed E-state index contributed by atoms with van der Waals surface area (Å²) in [5.74, 6) is 0.706. The predicted octanol–water partition coefficient (Wildman–Crippen LogP) is 1.56. The Morgan fingerprint density at radius 3 is 2.71 bits per heavy atom. The van der Waals surface area contributed by atoms with Gasteiger partial charge in [-0.3, -0.25) is 0 Å². The zero-order valence-corrected chi connectivity index (χ0v) is 10.9. The molecule has 3 atom stereocenters. The Morgan fingerprint density at radius 1 is 1.47 bits per heavy atom. The molecule has 2 saturated carbocycles. The number of oxime groups is 1. The first-order chi connectivity index (χ1) is 7.90. The van der Waals surface area contributed by atoms with E-state index in [0.717, 1.165) is 5.71 Å². The highest BCUT2D eigenvalue weighted by atomic mass is 16.6. The van der Waals surface area contributed by atoms with Crippen LogP contribution in [-0.4, -0.2) is 35.2 Å². The summed E-state index contributed by atoms with van der Waals surface area (Å²) >= 11 is 0. The van der Waals surface area contributed by atoms with Crippen LogP contribution in [0, 0.1) is 16.7 Å². The number of hydrogen-bond donors (Lipinski definition) is 2. The number of fused-ring (bicyclic) bond motifs is 2. The Morgan fingerprint density at radius 2 is 2.18 bits per heavy atom. The molecule has 0 radical (unpaired) electrons. The molecule has 2 aliphatic rings. The minimum atomic E-state index is -0.839. The van der Waals surface area contributed by atoms with E-state index in [1.54, 1.807) is 0 Å². The summed E-state index contributed by atoms with van der Waals surface area (Å²) in [6, 6.07) is 0. The van der Waals surface area contributed by atoms with E-state index in [2.05, 4.69) is 25.9 Å². The van der Waals surface area contributed by atoms with Gasteiger partial charge in [0.1, 0.15) is 12.7 Å². The van der Waals surface area contributed by atoms with Gasteiger partial charge in [0.25, 0.3) is 0 Å². The van der Waals surface area contributed by atoms with Crippen LogP contribution < -0.4 is 0 Å². The smallest absolute Gasteiger partial charge is 0.145 e. The Hall–Kier alpha value is -0.610. The molecule has 0 aromatic heterocycles. The molecule has 2 rings (SSSR count). The number of rotatable bonds is 4. The van der Waals surface area contributed by atoms with Crippen molar-refractivity contribution in [2.24, 2.45) is 21.9 Å². The van der Waals surface area contributed by atoms with Gasteiger partial charge in [0.15, 0.2) is 0 Å². The van der Waals surface area contributed by atoms with E-state index in [-0.39, 0.29) is 24.0 Å². The second kappa shape index (κ2) is 4.25. The van der Waals surface area contributed by atoms with Crippen LogP contribution in [0.3, 0.4) is 0 Å². The van der Waals surface area contributed by atoms with E-state index < -0.39 is 6.10 Å². The second-order valence-electron chi connectivity index (χ2n) is 6.29. The standard InChI is InChI=1S/C13H23NO3/c1-12(2)9-4-5-13(3,6-9)11(12)14-17-8-10(16)7-15/h9-10,15-16H,4-8H2,1-3H3/b14-11+/t9-,10-,13+/m0/s1. The van der Waals surface area contributed by atoms with Crippen molar-refractivity contribution < 1.29 is 15.1 Å². The van der Waals surface area contributed by atoms with Crippen LogP contribution in [0.1, 0.15) is 40.0 Å². The van der Waals surface area contributed by atoms with Crippen molar-refractivity contribution in [1.82, 2.24) is 0 Å². The molecule has 2 N–H and O–H groups in total. The third-order valence-corrected chi connectivity index (χ3v) is 4.58. The molecule has 98 valence electrons. The van der Waals surface area contributed by atoms with Gasteiger partial charge in [0.2, 0.25) is 0 Å². The maximum absolute atomic E-state index is 9.21. The summed E-state index contributed by atoms with van der Waals surface area (Å²) in [7, 11) is 0. The van der Waals surface area contributed by atoms with Crippen molar-refractivity contribution in [3.05, 3.63) is 0 Å². The molecule has 0 aromatic rings. The lowest BCUT2D eigenvalue weighted by molar-refractivity contribution is 0.00656. The molecule has 2 bridgehead atoms. The summed E-state index contributed by atoms with van der Waals surface area (Å²) in [6.45, 7) is 6.50. The molecule has 0 saturated heterocycles. The zero-order valence-electron chi connectivity index (χ0n) is 10.9. The van der Waals surface area contributed by atoms with Gasteiger partial charge in [0, 0.05) is 10.8 Å². The highest BCUT2D eigenvalue weighted by molar-refractivity contribution is 5.97. The SMILES string of the molecule is CC1(C)/C(=N\OC[C@@H](O)CO)[C@]2(C)CC[C@H]1C2. The third kappa shape index (κ3) is 2.08. The van der Waals surface area contributed by atoms with E-state index in [9.17, 15) is 5.11 Å². The maximum atomic E-state index is 9.21. The fourth-order valence-corrected chi connectivity index (χ4v) is 3.51. The van der Waals surface area contributed by atoms with E-state index in [1.807, 2.05) is 0 Å². The second-order valence-corrected chi connectivity index (χ2v) is 6.29. The lowest BCUT2D eigenvalue weighted by Gasteiger charge is -2.34. The van der Waals surface area contributed by atoms with Crippen LogP contribution in [0.15, 0.2) is 5.16 Å².